The van der Waals surface area contributed by atoms with Gasteiger partial charge in [0.2, 0.25) is 10.8 Å². The summed E-state index contributed by atoms with van der Waals surface area (Å²) >= 11 is 5.61. The summed E-state index contributed by atoms with van der Waals surface area (Å²) in [6, 6.07) is 8.53. The molecule has 13 heavy (non-hydrogen) atoms. The molecule has 0 amide bonds. The summed E-state index contributed by atoms with van der Waals surface area (Å²) in [4.78, 5) is 11.5. The van der Waals surface area contributed by atoms with E-state index in [2.05, 4.69) is 0 Å². The third-order valence-electron chi connectivity index (χ3n) is 1.85. The van der Waals surface area contributed by atoms with E-state index >= 15 is 0 Å². The highest BCUT2D eigenvalue weighted by atomic mass is 35.5. The number of carbonyl (C=O) groups is 1. The molecule has 0 unspecified atom stereocenters. The Hall–Kier alpha value is -0.860. The Kier molecular flexibility index (Phi) is 3.07. The lowest BCUT2D eigenvalue weighted by Crippen LogP contribution is -2.31. The fraction of sp³-hybridized carbons (Fsp3) is 0.300. The van der Waals surface area contributed by atoms with Crippen molar-refractivity contribution < 1.29 is 9.90 Å². The maximum absolute atomic E-state index is 11.5. The fourth-order valence-electron chi connectivity index (χ4n) is 0.971. The van der Waals surface area contributed by atoms with Gasteiger partial charge in [-0.25, -0.2) is 0 Å². The van der Waals surface area contributed by atoms with Crippen molar-refractivity contribution in [2.24, 2.45) is 0 Å². The van der Waals surface area contributed by atoms with Gasteiger partial charge in [0.15, 0.2) is 0 Å². The number of halogens is 1. The average molecular weight is 199 g/mol. The van der Waals surface area contributed by atoms with Gasteiger partial charge in [-0.05, 0) is 6.42 Å². The largest absolute Gasteiger partial charge is 0.368 e. The molecular formula is C10H11ClO2. The Labute approximate surface area is 82.2 Å². The molecule has 0 aliphatic heterocycles. The van der Waals surface area contributed by atoms with Gasteiger partial charge < -0.3 is 5.11 Å². The second-order valence-electron chi connectivity index (χ2n) is 2.81. The number of rotatable bonds is 3. The van der Waals surface area contributed by atoms with Crippen molar-refractivity contribution in [3.05, 3.63) is 35.9 Å². The number of alkyl halides is 1. The number of hydrogen-bond donors (Lipinski definition) is 1. The Morgan fingerprint density at radius 1 is 1.46 bits per heavy atom. The van der Waals surface area contributed by atoms with Gasteiger partial charge in [-0.2, -0.15) is 0 Å². The van der Waals surface area contributed by atoms with Crippen LogP contribution in [0.2, 0.25) is 0 Å². The molecule has 0 aliphatic rings. The Morgan fingerprint density at radius 2 is 2.00 bits per heavy atom. The predicted octanol–water partition coefficient (Wildman–Crippen LogP) is 2.21. The minimum absolute atomic E-state index is 0.197. The molecule has 0 fully saturated rings. The summed E-state index contributed by atoms with van der Waals surface area (Å²) in [6.45, 7) is 1.66. The lowest BCUT2D eigenvalue weighted by atomic mass is 10.0. The lowest BCUT2D eigenvalue weighted by Gasteiger charge is -2.16. The normalized spacial score (nSPS) is 15.0. The first-order chi connectivity index (χ1) is 6.08. The molecule has 1 aromatic carbocycles. The van der Waals surface area contributed by atoms with E-state index in [9.17, 15) is 9.90 Å². The number of ketones is 1. The predicted molar refractivity (Wildman–Crippen MR) is 51.9 cm³/mol. The van der Waals surface area contributed by atoms with Gasteiger partial charge in [-0.3, -0.25) is 4.79 Å². The van der Waals surface area contributed by atoms with Crippen LogP contribution in [-0.2, 0) is 0 Å². The Balaban J connectivity index is 2.93. The summed E-state index contributed by atoms with van der Waals surface area (Å²) in [6.07, 6.45) is 0.197. The molecule has 2 nitrogen and oxygen atoms in total. The standard InChI is InChI=1S/C10H11ClO2/c1-2-10(11,13)9(12)8-6-4-3-5-7-8/h3-7,13H,2H2,1H3/t10-/m1/s1. The molecule has 0 bridgehead atoms. The highest BCUT2D eigenvalue weighted by Gasteiger charge is 2.31. The zero-order valence-corrected chi connectivity index (χ0v) is 8.08. The molecule has 1 atom stereocenters. The van der Waals surface area contributed by atoms with Gasteiger partial charge in [-0.15, -0.1) is 0 Å². The van der Waals surface area contributed by atoms with Gasteiger partial charge >= 0.3 is 0 Å². The summed E-state index contributed by atoms with van der Waals surface area (Å²) in [5.74, 6) is -0.447. The second kappa shape index (κ2) is 3.90. The minimum atomic E-state index is -1.76. The van der Waals surface area contributed by atoms with E-state index in [1.54, 1.807) is 37.3 Å². The topological polar surface area (TPSA) is 37.3 Å². The van der Waals surface area contributed by atoms with Crippen molar-refractivity contribution >= 4 is 17.4 Å². The van der Waals surface area contributed by atoms with E-state index in [1.165, 1.54) is 0 Å². The molecule has 1 aromatic rings. The summed E-state index contributed by atoms with van der Waals surface area (Å²) < 4.78 is 0. The van der Waals surface area contributed by atoms with Crippen LogP contribution in [0.15, 0.2) is 30.3 Å². The molecule has 0 saturated carbocycles. The third-order valence-corrected chi connectivity index (χ3v) is 2.29. The molecule has 1 N–H and O–H groups in total. The van der Waals surface area contributed by atoms with Crippen LogP contribution in [0.4, 0.5) is 0 Å². The molecule has 0 heterocycles. The number of hydrogen-bond acceptors (Lipinski definition) is 2. The van der Waals surface area contributed by atoms with Crippen LogP contribution in [0.5, 0.6) is 0 Å². The SMILES string of the molecule is CC[C@](O)(Cl)C(=O)c1ccccc1. The van der Waals surface area contributed by atoms with E-state index in [0.29, 0.717) is 5.56 Å². The Morgan fingerprint density at radius 3 is 2.46 bits per heavy atom. The maximum atomic E-state index is 11.5. The molecule has 0 aliphatic carbocycles. The van der Waals surface area contributed by atoms with E-state index in [1.807, 2.05) is 0 Å². The van der Waals surface area contributed by atoms with Crippen LogP contribution in [-0.4, -0.2) is 16.0 Å². The van der Waals surface area contributed by atoms with E-state index in [0.717, 1.165) is 0 Å². The molecule has 0 radical (unpaired) electrons. The van der Waals surface area contributed by atoms with Crippen molar-refractivity contribution in [3.63, 3.8) is 0 Å². The molecule has 1 rings (SSSR count). The van der Waals surface area contributed by atoms with Gasteiger partial charge in [0.25, 0.3) is 0 Å². The summed E-state index contributed by atoms with van der Waals surface area (Å²) in [5, 5.41) is 7.70. The van der Waals surface area contributed by atoms with E-state index in [-0.39, 0.29) is 6.42 Å². The highest BCUT2D eigenvalue weighted by Crippen LogP contribution is 2.21. The van der Waals surface area contributed by atoms with Gasteiger partial charge in [0.05, 0.1) is 0 Å². The van der Waals surface area contributed by atoms with Gasteiger partial charge in [-0.1, -0.05) is 48.9 Å². The van der Waals surface area contributed by atoms with Crippen molar-refractivity contribution in [1.29, 1.82) is 0 Å². The summed E-state index contributed by atoms with van der Waals surface area (Å²) in [7, 11) is 0. The summed E-state index contributed by atoms with van der Waals surface area (Å²) in [5.41, 5.74) is 0.432. The lowest BCUT2D eigenvalue weighted by molar-refractivity contribution is 0.0632. The average Bonchev–Trinajstić information content (AvgIpc) is 2.18. The maximum Gasteiger partial charge on any atom is 0.209 e. The first-order valence-electron chi connectivity index (χ1n) is 4.09. The first-order valence-corrected chi connectivity index (χ1v) is 4.47. The zero-order chi connectivity index (χ0) is 9.90. The molecular weight excluding hydrogens is 188 g/mol. The van der Waals surface area contributed by atoms with Gasteiger partial charge in [0.1, 0.15) is 0 Å². The molecule has 3 heteroatoms. The number of benzene rings is 1. The van der Waals surface area contributed by atoms with E-state index < -0.39 is 10.8 Å². The van der Waals surface area contributed by atoms with Crippen molar-refractivity contribution in [3.8, 4) is 0 Å². The number of aliphatic hydroxyl groups is 1. The second-order valence-corrected chi connectivity index (χ2v) is 3.43. The van der Waals surface area contributed by atoms with Crippen molar-refractivity contribution in [2.45, 2.75) is 18.4 Å². The minimum Gasteiger partial charge on any atom is -0.368 e. The molecule has 0 spiro atoms. The van der Waals surface area contributed by atoms with Crippen LogP contribution >= 0.6 is 11.6 Å². The zero-order valence-electron chi connectivity index (χ0n) is 7.33. The quantitative estimate of drug-likeness (QED) is 0.597. The Bertz CT molecular complexity index is 293. The van der Waals surface area contributed by atoms with Crippen molar-refractivity contribution in [1.82, 2.24) is 0 Å². The molecule has 70 valence electrons. The van der Waals surface area contributed by atoms with Crippen LogP contribution in [0, 0.1) is 0 Å². The monoisotopic (exact) mass is 198 g/mol. The van der Waals surface area contributed by atoms with Gasteiger partial charge in [0, 0.05) is 5.56 Å². The van der Waals surface area contributed by atoms with Crippen molar-refractivity contribution in [2.75, 3.05) is 0 Å². The smallest absolute Gasteiger partial charge is 0.209 e. The van der Waals surface area contributed by atoms with Crippen LogP contribution in [0.3, 0.4) is 0 Å². The number of carbonyl (C=O) groups excluding carboxylic acids is 1. The molecule has 0 saturated heterocycles. The number of Topliss-reactive ketones (excluding diaryl/α,β-unsaturated/α-hetero) is 1. The third kappa shape index (κ3) is 2.29. The van der Waals surface area contributed by atoms with Crippen LogP contribution in [0.25, 0.3) is 0 Å². The van der Waals surface area contributed by atoms with E-state index in [4.69, 9.17) is 11.6 Å². The first kappa shape index (κ1) is 10.2. The van der Waals surface area contributed by atoms with Crippen LogP contribution < -0.4 is 0 Å². The molecule has 0 aromatic heterocycles. The fourth-order valence-corrected chi connectivity index (χ4v) is 1.08. The highest BCUT2D eigenvalue weighted by molar-refractivity contribution is 6.36. The van der Waals surface area contributed by atoms with Crippen LogP contribution in [0.1, 0.15) is 23.7 Å².